The monoisotopic (exact) mass is 372 g/mol. The number of piperidine rings is 1. The lowest BCUT2D eigenvalue weighted by Gasteiger charge is -2.38. The van der Waals surface area contributed by atoms with Gasteiger partial charge in [0.25, 0.3) is 0 Å². The summed E-state index contributed by atoms with van der Waals surface area (Å²) >= 11 is 0. The summed E-state index contributed by atoms with van der Waals surface area (Å²) < 4.78 is 5.40. The highest BCUT2D eigenvalue weighted by atomic mass is 16.5. The molecule has 3 rings (SSSR count). The van der Waals surface area contributed by atoms with Crippen LogP contribution < -0.4 is 15.4 Å². The van der Waals surface area contributed by atoms with Crippen LogP contribution in [0, 0.1) is 11.8 Å². The van der Waals surface area contributed by atoms with Gasteiger partial charge >= 0.3 is 0 Å². The van der Waals surface area contributed by atoms with E-state index in [4.69, 9.17) is 4.74 Å². The molecule has 2 N–H and O–H groups in total. The third-order valence-electron chi connectivity index (χ3n) is 4.81. The van der Waals surface area contributed by atoms with Gasteiger partial charge in [0.2, 0.25) is 17.8 Å². The van der Waals surface area contributed by atoms with E-state index in [1.54, 1.807) is 24.3 Å². The van der Waals surface area contributed by atoms with E-state index < -0.39 is 6.04 Å². The Morgan fingerprint density at radius 2 is 1.93 bits per heavy atom. The molecule has 0 bridgehead atoms. The maximum atomic E-state index is 12.6. The van der Waals surface area contributed by atoms with E-state index in [0.29, 0.717) is 30.1 Å². The molecule has 0 aromatic heterocycles. The minimum Gasteiger partial charge on any atom is -0.494 e. The molecule has 0 saturated carbocycles. The lowest BCUT2D eigenvalue weighted by Crippen LogP contribution is -2.54. The maximum absolute atomic E-state index is 12.6. The van der Waals surface area contributed by atoms with Crippen molar-refractivity contribution in [2.45, 2.75) is 39.7 Å². The molecule has 0 aliphatic carbocycles. The predicted molar refractivity (Wildman–Crippen MR) is 105 cm³/mol. The molecule has 1 aromatic carbocycles. The number of hydrogen-bond donors (Lipinski definition) is 2. The number of aliphatic imine (C=N–C) groups is 1. The van der Waals surface area contributed by atoms with Crippen LogP contribution in [0.5, 0.6) is 5.75 Å². The number of benzene rings is 1. The van der Waals surface area contributed by atoms with Gasteiger partial charge in [-0.25, -0.2) is 4.99 Å². The van der Waals surface area contributed by atoms with Crippen LogP contribution in [0.4, 0.5) is 5.69 Å². The molecule has 2 amide bonds. The molecule has 7 nitrogen and oxygen atoms in total. The van der Waals surface area contributed by atoms with E-state index in [0.717, 1.165) is 18.8 Å². The number of hydrogen-bond acceptors (Lipinski definition) is 5. The molecule has 7 heteroatoms. The lowest BCUT2D eigenvalue weighted by molar-refractivity contribution is -0.125. The van der Waals surface area contributed by atoms with Crippen LogP contribution in [0.2, 0.25) is 0 Å². The van der Waals surface area contributed by atoms with E-state index in [9.17, 15) is 9.59 Å². The molecule has 0 radical (unpaired) electrons. The Bertz CT molecular complexity index is 706. The van der Waals surface area contributed by atoms with E-state index in [1.165, 1.54) is 6.42 Å². The van der Waals surface area contributed by atoms with E-state index in [1.807, 2.05) is 6.92 Å². The second kappa shape index (κ2) is 8.41. The number of anilines is 1. The van der Waals surface area contributed by atoms with Crippen molar-refractivity contribution in [2.24, 2.45) is 16.8 Å². The van der Waals surface area contributed by atoms with Crippen LogP contribution in [0.3, 0.4) is 0 Å². The predicted octanol–water partition coefficient (Wildman–Crippen LogP) is 2.25. The lowest BCUT2D eigenvalue weighted by atomic mass is 9.92. The molecular weight excluding hydrogens is 344 g/mol. The second-order valence-electron chi connectivity index (χ2n) is 7.52. The fourth-order valence-corrected chi connectivity index (χ4v) is 3.75. The summed E-state index contributed by atoms with van der Waals surface area (Å²) in [6.07, 6.45) is 1.23. The first-order chi connectivity index (χ1) is 12.9. The normalized spacial score (nSPS) is 25.4. The Hall–Kier alpha value is -2.57. The standard InChI is InChI=1S/C20H28N4O3/c1-4-27-16-7-5-15(6-8-16)21-19(26)17-10-18(25)23-20(22-17)24-11-13(2)9-14(3)12-24/h5-8,13-14,17H,4,9-12H2,1-3H3,(H,21,26)(H,22,23,25)/t13-,14-,17-/m1/s1. The average Bonchev–Trinajstić information content (AvgIpc) is 2.62. The summed E-state index contributed by atoms with van der Waals surface area (Å²) in [7, 11) is 0. The van der Waals surface area contributed by atoms with Crippen LogP contribution in [0.25, 0.3) is 0 Å². The molecule has 1 fully saturated rings. The second-order valence-corrected chi connectivity index (χ2v) is 7.52. The van der Waals surface area contributed by atoms with Gasteiger partial charge in [-0.2, -0.15) is 0 Å². The molecule has 146 valence electrons. The minimum absolute atomic E-state index is 0.0608. The highest BCUT2D eigenvalue weighted by Crippen LogP contribution is 2.22. The molecular formula is C20H28N4O3. The van der Waals surface area contributed by atoms with Crippen molar-refractivity contribution in [3.05, 3.63) is 24.3 Å². The third-order valence-corrected chi connectivity index (χ3v) is 4.81. The Labute approximate surface area is 160 Å². The number of likely N-dealkylation sites (tertiary alicyclic amines) is 1. The summed E-state index contributed by atoms with van der Waals surface area (Å²) in [6, 6.07) is 6.46. The largest absolute Gasteiger partial charge is 0.494 e. The van der Waals surface area contributed by atoms with Crippen molar-refractivity contribution in [3.8, 4) is 5.75 Å². The highest BCUT2D eigenvalue weighted by Gasteiger charge is 2.32. The maximum Gasteiger partial charge on any atom is 0.249 e. The number of carbonyl (C=O) groups is 2. The number of guanidine groups is 1. The molecule has 1 aromatic rings. The molecule has 0 spiro atoms. The summed E-state index contributed by atoms with van der Waals surface area (Å²) in [5.74, 6) is 1.90. The SMILES string of the molecule is CCOc1ccc(NC(=O)[C@H]2CC(=O)NC(N3C[C@H](C)C[C@@H](C)C3)=N2)cc1. The fourth-order valence-electron chi connectivity index (χ4n) is 3.75. The molecule has 2 aliphatic rings. The summed E-state index contributed by atoms with van der Waals surface area (Å²) in [4.78, 5) is 31.4. The van der Waals surface area contributed by atoms with Crippen molar-refractivity contribution >= 4 is 23.5 Å². The average molecular weight is 372 g/mol. The first kappa shape index (κ1) is 19.2. The number of nitrogens with one attached hydrogen (secondary N) is 2. The molecule has 3 atom stereocenters. The number of rotatable bonds is 4. The van der Waals surface area contributed by atoms with Crippen LogP contribution in [0.15, 0.2) is 29.3 Å². The van der Waals surface area contributed by atoms with E-state index in [-0.39, 0.29) is 18.2 Å². The number of carbonyl (C=O) groups excluding carboxylic acids is 2. The summed E-state index contributed by atoms with van der Waals surface area (Å²) in [6.45, 7) is 8.60. The number of amides is 2. The van der Waals surface area contributed by atoms with Crippen LogP contribution in [0.1, 0.15) is 33.6 Å². The highest BCUT2D eigenvalue weighted by molar-refractivity contribution is 6.06. The summed E-state index contributed by atoms with van der Waals surface area (Å²) in [5, 5.41) is 5.68. The van der Waals surface area contributed by atoms with E-state index in [2.05, 4.69) is 34.4 Å². The van der Waals surface area contributed by atoms with Gasteiger partial charge in [-0.15, -0.1) is 0 Å². The zero-order chi connectivity index (χ0) is 19.4. The topological polar surface area (TPSA) is 83.0 Å². The first-order valence-corrected chi connectivity index (χ1v) is 9.61. The Morgan fingerprint density at radius 3 is 2.56 bits per heavy atom. The van der Waals surface area contributed by atoms with Crippen molar-refractivity contribution in [1.82, 2.24) is 10.2 Å². The van der Waals surface area contributed by atoms with Crippen molar-refractivity contribution in [2.75, 3.05) is 25.0 Å². The van der Waals surface area contributed by atoms with E-state index >= 15 is 0 Å². The van der Waals surface area contributed by atoms with Crippen molar-refractivity contribution in [1.29, 1.82) is 0 Å². The summed E-state index contributed by atoms with van der Waals surface area (Å²) in [5.41, 5.74) is 0.659. The minimum atomic E-state index is -0.715. The molecule has 2 heterocycles. The zero-order valence-electron chi connectivity index (χ0n) is 16.2. The first-order valence-electron chi connectivity index (χ1n) is 9.61. The van der Waals surface area contributed by atoms with Gasteiger partial charge in [0.15, 0.2) is 0 Å². The third kappa shape index (κ3) is 4.99. The zero-order valence-corrected chi connectivity index (χ0v) is 16.2. The van der Waals surface area contributed by atoms with Crippen LogP contribution >= 0.6 is 0 Å². The van der Waals surface area contributed by atoms with Gasteiger partial charge in [0, 0.05) is 18.8 Å². The smallest absolute Gasteiger partial charge is 0.249 e. The van der Waals surface area contributed by atoms with Crippen LogP contribution in [-0.4, -0.2) is 48.4 Å². The molecule has 1 saturated heterocycles. The van der Waals surface area contributed by atoms with Gasteiger partial charge in [-0.05, 0) is 49.4 Å². The number of nitrogens with zero attached hydrogens (tertiary/aromatic N) is 2. The Morgan fingerprint density at radius 1 is 1.26 bits per heavy atom. The fraction of sp³-hybridized carbons (Fsp3) is 0.550. The van der Waals surface area contributed by atoms with Crippen molar-refractivity contribution < 1.29 is 14.3 Å². The van der Waals surface area contributed by atoms with Crippen LogP contribution in [-0.2, 0) is 9.59 Å². The molecule has 2 aliphatic heterocycles. The van der Waals surface area contributed by atoms with Gasteiger partial charge in [0.05, 0.1) is 13.0 Å². The Kier molecular flexibility index (Phi) is 5.98. The Balaban J connectivity index is 1.68. The number of ether oxygens (including phenoxy) is 1. The molecule has 27 heavy (non-hydrogen) atoms. The van der Waals surface area contributed by atoms with Crippen molar-refractivity contribution in [3.63, 3.8) is 0 Å². The molecule has 0 unspecified atom stereocenters. The van der Waals surface area contributed by atoms with Gasteiger partial charge in [0.1, 0.15) is 11.8 Å². The van der Waals surface area contributed by atoms with Gasteiger partial charge < -0.3 is 15.0 Å². The quantitative estimate of drug-likeness (QED) is 0.849. The van der Waals surface area contributed by atoms with Gasteiger partial charge in [-0.1, -0.05) is 13.8 Å². The van der Waals surface area contributed by atoms with Gasteiger partial charge in [-0.3, -0.25) is 14.9 Å².